The first-order chi connectivity index (χ1) is 19.5. The lowest BCUT2D eigenvalue weighted by Crippen LogP contribution is -2.48. The molecule has 6 nitrogen and oxygen atoms in total. The largest absolute Gasteiger partial charge is 0.351 e. The Morgan fingerprint density at radius 2 is 1.98 bits per heavy atom. The Bertz CT molecular complexity index is 1680. The van der Waals surface area contributed by atoms with Crippen molar-refractivity contribution in [2.45, 2.75) is 56.9 Å². The van der Waals surface area contributed by atoms with Crippen LogP contribution >= 0.6 is 0 Å². The number of pyridine rings is 2. The Morgan fingerprint density at radius 3 is 2.76 bits per heavy atom. The lowest BCUT2D eigenvalue weighted by atomic mass is 9.69. The van der Waals surface area contributed by atoms with E-state index in [0.717, 1.165) is 37.7 Å². The highest BCUT2D eigenvalue weighted by molar-refractivity contribution is 5.98. The summed E-state index contributed by atoms with van der Waals surface area (Å²) in [4.78, 5) is 33.3. The highest BCUT2D eigenvalue weighted by Gasteiger charge is 2.49. The second-order valence-corrected chi connectivity index (χ2v) is 12.5. The van der Waals surface area contributed by atoms with Crippen molar-refractivity contribution in [3.8, 4) is 5.69 Å². The van der Waals surface area contributed by atoms with Crippen molar-refractivity contribution in [3.63, 3.8) is 0 Å². The van der Waals surface area contributed by atoms with Crippen LogP contribution in [0.1, 0.15) is 55.8 Å². The molecule has 1 aliphatic heterocycles. The maximum atomic E-state index is 15.1. The minimum atomic E-state index is -2.89. The van der Waals surface area contributed by atoms with Crippen molar-refractivity contribution < 1.29 is 22.4 Å². The summed E-state index contributed by atoms with van der Waals surface area (Å²) in [6.07, 6.45) is 7.51. The number of piperidine rings is 1. The minimum absolute atomic E-state index is 0.0101. The van der Waals surface area contributed by atoms with Gasteiger partial charge in [-0.1, -0.05) is 11.6 Å². The van der Waals surface area contributed by atoms with Crippen molar-refractivity contribution >= 4 is 22.8 Å². The molecule has 214 valence electrons. The van der Waals surface area contributed by atoms with Gasteiger partial charge in [-0.15, -0.1) is 0 Å². The molecule has 10 heteroatoms. The van der Waals surface area contributed by atoms with Gasteiger partial charge in [0.15, 0.2) is 5.65 Å². The molecule has 1 aromatic carbocycles. The third-order valence-electron chi connectivity index (χ3n) is 9.35. The van der Waals surface area contributed by atoms with Crippen LogP contribution in [-0.2, 0) is 0 Å². The predicted molar refractivity (Wildman–Crippen MR) is 147 cm³/mol. The SMILES string of the molecule is CC1(NC(=O)c2cn(-c3ccc(F)cc3F)c3nc(N4CCCC(F)(F)C4)ccc3c2=O)C=C2CC3CC(CC23)C1. The van der Waals surface area contributed by atoms with Crippen LogP contribution in [0.4, 0.5) is 23.4 Å². The van der Waals surface area contributed by atoms with E-state index < -0.39 is 41.0 Å². The molecular formula is C31H30F4N4O2. The van der Waals surface area contributed by atoms with E-state index in [9.17, 15) is 22.8 Å². The first kappa shape index (κ1) is 26.2. The third-order valence-corrected chi connectivity index (χ3v) is 9.35. The summed E-state index contributed by atoms with van der Waals surface area (Å²) in [7, 11) is 0. The van der Waals surface area contributed by atoms with Crippen molar-refractivity contribution in [3.05, 3.63) is 75.6 Å². The van der Waals surface area contributed by atoms with Crippen LogP contribution in [0.25, 0.3) is 16.7 Å². The van der Waals surface area contributed by atoms with E-state index in [-0.39, 0.29) is 40.9 Å². The summed E-state index contributed by atoms with van der Waals surface area (Å²) in [5.41, 5.74) is -0.215. The fraction of sp³-hybridized carbons (Fsp3) is 0.452. The Labute approximate surface area is 234 Å². The standard InChI is InChI=1S/C31H30F4N4O2/c1-30(13-17-9-18-11-19(14-30)22(18)10-17)37-29(41)23-15-39(25-5-3-20(32)12-24(25)33)28-21(27(23)40)4-6-26(36-28)38-8-2-7-31(34,35)16-38/h3-6,12,14-15,17-18,22H,2,7-11,13,16H2,1H3,(H,37,41). The third kappa shape index (κ3) is 4.51. The summed E-state index contributed by atoms with van der Waals surface area (Å²) in [5.74, 6) is -3.15. The second-order valence-electron chi connectivity index (χ2n) is 12.5. The van der Waals surface area contributed by atoms with Gasteiger partial charge in [0, 0.05) is 25.2 Å². The molecule has 41 heavy (non-hydrogen) atoms. The number of nitrogens with one attached hydrogen (secondary N) is 1. The zero-order valence-corrected chi connectivity index (χ0v) is 22.6. The molecule has 3 aliphatic carbocycles. The molecule has 3 aromatic rings. The number of halogens is 4. The number of amides is 1. The minimum Gasteiger partial charge on any atom is -0.351 e. The maximum absolute atomic E-state index is 15.1. The zero-order chi connectivity index (χ0) is 28.7. The van der Waals surface area contributed by atoms with E-state index >= 15 is 4.39 Å². The highest BCUT2D eigenvalue weighted by atomic mass is 19.3. The van der Waals surface area contributed by atoms with Gasteiger partial charge < -0.3 is 10.2 Å². The average Bonchev–Trinajstić information content (AvgIpc) is 3.16. The van der Waals surface area contributed by atoms with Crippen LogP contribution < -0.4 is 15.6 Å². The van der Waals surface area contributed by atoms with E-state index in [1.807, 2.05) is 6.92 Å². The first-order valence-electron chi connectivity index (χ1n) is 14.2. The Hall–Kier alpha value is -3.69. The van der Waals surface area contributed by atoms with Gasteiger partial charge in [0.1, 0.15) is 23.0 Å². The number of nitrogens with zero attached hydrogens (tertiary/aromatic N) is 3. The van der Waals surface area contributed by atoms with Gasteiger partial charge in [-0.3, -0.25) is 14.2 Å². The fourth-order valence-electron chi connectivity index (χ4n) is 7.58. The summed E-state index contributed by atoms with van der Waals surface area (Å²) in [5, 5.41) is 3.10. The van der Waals surface area contributed by atoms with Gasteiger partial charge in [0.25, 0.3) is 11.8 Å². The Morgan fingerprint density at radius 1 is 1.15 bits per heavy atom. The number of fused-ring (bicyclic) bond motifs is 2. The number of carbonyl (C=O) groups is 1. The van der Waals surface area contributed by atoms with Gasteiger partial charge in [0.2, 0.25) is 5.43 Å². The Kier molecular flexibility index (Phi) is 5.86. The van der Waals surface area contributed by atoms with Crippen LogP contribution in [0, 0.1) is 29.4 Å². The van der Waals surface area contributed by atoms with E-state index in [0.29, 0.717) is 24.4 Å². The normalized spacial score (nSPS) is 28.2. The molecule has 2 saturated carbocycles. The summed E-state index contributed by atoms with van der Waals surface area (Å²) < 4.78 is 58.4. The molecule has 7 rings (SSSR count). The fourth-order valence-corrected chi connectivity index (χ4v) is 7.58. The number of hydrogen-bond acceptors (Lipinski definition) is 4. The van der Waals surface area contributed by atoms with Crippen LogP contribution in [0.3, 0.4) is 0 Å². The molecule has 1 saturated heterocycles. The average molecular weight is 567 g/mol. The van der Waals surface area contributed by atoms with Crippen molar-refractivity contribution in [2.24, 2.45) is 17.8 Å². The number of rotatable bonds is 4. The van der Waals surface area contributed by atoms with Crippen molar-refractivity contribution in [1.29, 1.82) is 0 Å². The number of aromatic nitrogens is 2. The molecule has 4 unspecified atom stereocenters. The molecule has 4 atom stereocenters. The molecule has 1 amide bonds. The second kappa shape index (κ2) is 9.16. The summed E-state index contributed by atoms with van der Waals surface area (Å²) in [6, 6.07) is 5.87. The molecule has 2 bridgehead atoms. The monoisotopic (exact) mass is 566 g/mol. The highest BCUT2D eigenvalue weighted by Crippen LogP contribution is 2.57. The van der Waals surface area contributed by atoms with Gasteiger partial charge in [-0.25, -0.2) is 22.5 Å². The van der Waals surface area contributed by atoms with Crippen LogP contribution in [-0.4, -0.2) is 40.0 Å². The molecule has 2 aromatic heterocycles. The summed E-state index contributed by atoms with van der Waals surface area (Å²) in [6.45, 7) is 1.78. The number of hydrogen-bond donors (Lipinski definition) is 1. The topological polar surface area (TPSA) is 67.2 Å². The van der Waals surface area contributed by atoms with Crippen molar-refractivity contribution in [2.75, 3.05) is 18.0 Å². The van der Waals surface area contributed by atoms with Gasteiger partial charge in [0.05, 0.1) is 23.2 Å². The molecule has 0 spiro atoms. The molecule has 3 heterocycles. The summed E-state index contributed by atoms with van der Waals surface area (Å²) >= 11 is 0. The van der Waals surface area contributed by atoms with Gasteiger partial charge in [-0.05, 0) is 81.0 Å². The lowest BCUT2D eigenvalue weighted by molar-refractivity contribution is -0.0118. The maximum Gasteiger partial charge on any atom is 0.265 e. The van der Waals surface area contributed by atoms with Gasteiger partial charge >= 0.3 is 0 Å². The van der Waals surface area contributed by atoms with Gasteiger partial charge in [-0.2, -0.15) is 0 Å². The smallest absolute Gasteiger partial charge is 0.265 e. The predicted octanol–water partition coefficient (Wildman–Crippen LogP) is 5.76. The number of carbonyl (C=O) groups excluding carboxylic acids is 1. The molecular weight excluding hydrogens is 536 g/mol. The van der Waals surface area contributed by atoms with Crippen LogP contribution in [0.15, 0.2) is 53.0 Å². The van der Waals surface area contributed by atoms with Crippen LogP contribution in [0.5, 0.6) is 0 Å². The first-order valence-corrected chi connectivity index (χ1v) is 14.2. The van der Waals surface area contributed by atoms with E-state index in [2.05, 4.69) is 16.4 Å². The van der Waals surface area contributed by atoms with Crippen LogP contribution in [0.2, 0.25) is 0 Å². The quantitative estimate of drug-likeness (QED) is 0.322. The van der Waals surface area contributed by atoms with E-state index in [1.54, 1.807) is 0 Å². The number of benzene rings is 1. The molecule has 3 fully saturated rings. The van der Waals surface area contributed by atoms with E-state index in [1.165, 1.54) is 39.4 Å². The molecule has 4 aliphatic rings. The molecule has 1 N–H and O–H groups in total. The molecule has 0 radical (unpaired) electrons. The Balaban J connectivity index is 1.32. The van der Waals surface area contributed by atoms with E-state index in [4.69, 9.17) is 0 Å². The number of alkyl halides is 2. The zero-order valence-electron chi connectivity index (χ0n) is 22.6. The van der Waals surface area contributed by atoms with Crippen molar-refractivity contribution in [1.82, 2.24) is 14.9 Å². The lowest BCUT2D eigenvalue weighted by Gasteiger charge is -2.39. The number of allylic oxidation sites excluding steroid dienone is 1. The number of anilines is 1.